The molecule has 0 unspecified atom stereocenters. The maximum atomic E-state index is 12.5. The molecule has 0 atom stereocenters. The normalized spacial score (nSPS) is 13.5. The van der Waals surface area contributed by atoms with Crippen LogP contribution < -0.4 is 10.9 Å². The molecule has 0 aliphatic heterocycles. The Morgan fingerprint density at radius 3 is 2.92 bits per heavy atom. The third kappa shape index (κ3) is 3.29. The Balaban J connectivity index is 1.40. The maximum Gasteiger partial charge on any atom is 0.251 e. The van der Waals surface area contributed by atoms with Crippen molar-refractivity contribution in [1.82, 2.24) is 14.9 Å². The maximum absolute atomic E-state index is 12.5. The number of aromatic nitrogens is 2. The second kappa shape index (κ2) is 7.20. The Morgan fingerprint density at radius 2 is 2.04 bits per heavy atom. The molecule has 0 bridgehead atoms. The molecular formula is C21H23N3O2. The fraction of sp³-hybridized carbons (Fsp3) is 0.333. The topological polar surface area (TPSA) is 66.9 Å². The summed E-state index contributed by atoms with van der Waals surface area (Å²) in [5, 5.41) is 4.14. The van der Waals surface area contributed by atoms with Crippen LogP contribution in [-0.2, 0) is 19.4 Å². The van der Waals surface area contributed by atoms with Gasteiger partial charge in [-0.25, -0.2) is 0 Å². The van der Waals surface area contributed by atoms with Crippen molar-refractivity contribution in [2.75, 3.05) is 6.54 Å². The summed E-state index contributed by atoms with van der Waals surface area (Å²) in [6.45, 7) is 1.15. The highest BCUT2D eigenvalue weighted by Crippen LogP contribution is 2.29. The van der Waals surface area contributed by atoms with E-state index in [4.69, 9.17) is 0 Å². The van der Waals surface area contributed by atoms with Crippen LogP contribution in [0.15, 0.2) is 47.4 Å². The summed E-state index contributed by atoms with van der Waals surface area (Å²) >= 11 is 0. The van der Waals surface area contributed by atoms with Gasteiger partial charge in [0.25, 0.3) is 5.91 Å². The lowest BCUT2D eigenvalue weighted by Gasteiger charge is -2.10. The van der Waals surface area contributed by atoms with Crippen LogP contribution in [0.3, 0.4) is 0 Å². The Labute approximate surface area is 152 Å². The standard InChI is InChI=1S/C21H23N3O2/c25-20-8-3-4-12-24(20)13-5-11-22-21(26)15-9-10-19-17(14-15)16-6-1-2-7-18(16)23-19/h3-4,8-10,12,14,23H,1-2,5-7,11,13H2,(H,22,26). The number of hydrogen-bond acceptors (Lipinski definition) is 2. The Bertz CT molecular complexity index is 1000. The molecule has 5 nitrogen and oxygen atoms in total. The fourth-order valence-corrected chi connectivity index (χ4v) is 3.75. The number of aryl methyl sites for hydroxylation is 3. The van der Waals surface area contributed by atoms with Crippen molar-refractivity contribution < 1.29 is 4.79 Å². The van der Waals surface area contributed by atoms with Gasteiger partial charge in [0.15, 0.2) is 0 Å². The van der Waals surface area contributed by atoms with Gasteiger partial charge < -0.3 is 14.9 Å². The summed E-state index contributed by atoms with van der Waals surface area (Å²) in [5.74, 6) is -0.0573. The SMILES string of the molecule is O=C(NCCCn1ccccc1=O)c1ccc2[nH]c3c(c2c1)CCCC3. The molecule has 1 amide bonds. The number of nitrogens with one attached hydrogen (secondary N) is 2. The number of hydrogen-bond donors (Lipinski definition) is 2. The summed E-state index contributed by atoms with van der Waals surface area (Å²) < 4.78 is 1.66. The number of fused-ring (bicyclic) bond motifs is 3. The van der Waals surface area contributed by atoms with Crippen molar-refractivity contribution >= 4 is 16.8 Å². The highest BCUT2D eigenvalue weighted by atomic mass is 16.1. The molecule has 0 saturated heterocycles. The minimum atomic E-state index is -0.0573. The monoisotopic (exact) mass is 349 g/mol. The Kier molecular flexibility index (Phi) is 4.61. The molecule has 0 saturated carbocycles. The van der Waals surface area contributed by atoms with Gasteiger partial charge in [0.1, 0.15) is 0 Å². The molecule has 1 aliphatic rings. The van der Waals surface area contributed by atoms with Crippen LogP contribution >= 0.6 is 0 Å². The third-order valence-corrected chi connectivity index (χ3v) is 5.12. The summed E-state index contributed by atoms with van der Waals surface area (Å²) in [6, 6.07) is 11.0. The van der Waals surface area contributed by atoms with Gasteiger partial charge >= 0.3 is 0 Å². The number of nitrogens with zero attached hydrogens (tertiary/aromatic N) is 1. The van der Waals surface area contributed by atoms with Crippen molar-refractivity contribution in [3.63, 3.8) is 0 Å². The van der Waals surface area contributed by atoms with Gasteiger partial charge in [0.05, 0.1) is 0 Å². The van der Waals surface area contributed by atoms with Gasteiger partial charge in [-0.2, -0.15) is 0 Å². The number of rotatable bonds is 5. The molecular weight excluding hydrogens is 326 g/mol. The molecule has 1 aliphatic carbocycles. The van der Waals surface area contributed by atoms with Crippen LogP contribution in [0.25, 0.3) is 10.9 Å². The van der Waals surface area contributed by atoms with Crippen molar-refractivity contribution in [3.05, 3.63) is 69.8 Å². The van der Waals surface area contributed by atoms with E-state index in [9.17, 15) is 9.59 Å². The number of carbonyl (C=O) groups is 1. The van der Waals surface area contributed by atoms with Crippen molar-refractivity contribution in [1.29, 1.82) is 0 Å². The van der Waals surface area contributed by atoms with Crippen molar-refractivity contribution in [3.8, 4) is 0 Å². The highest BCUT2D eigenvalue weighted by molar-refractivity contribution is 5.99. The number of H-pyrrole nitrogens is 1. The quantitative estimate of drug-likeness (QED) is 0.695. The third-order valence-electron chi connectivity index (χ3n) is 5.12. The number of amides is 1. The van der Waals surface area contributed by atoms with Crippen LogP contribution in [0, 0.1) is 0 Å². The van der Waals surface area contributed by atoms with Crippen molar-refractivity contribution in [2.24, 2.45) is 0 Å². The lowest BCUT2D eigenvalue weighted by Crippen LogP contribution is -2.26. The zero-order chi connectivity index (χ0) is 17.9. The number of benzene rings is 1. The first-order chi connectivity index (χ1) is 12.7. The van der Waals surface area contributed by atoms with Gasteiger partial charge in [0, 0.05) is 47.5 Å². The molecule has 0 radical (unpaired) electrons. The molecule has 2 N–H and O–H groups in total. The second-order valence-electron chi connectivity index (χ2n) is 6.89. The van der Waals surface area contributed by atoms with E-state index >= 15 is 0 Å². The van der Waals surface area contributed by atoms with E-state index in [0.29, 0.717) is 18.7 Å². The number of pyridine rings is 1. The molecule has 26 heavy (non-hydrogen) atoms. The average Bonchev–Trinajstić information content (AvgIpc) is 3.04. The predicted molar refractivity (Wildman–Crippen MR) is 103 cm³/mol. The first-order valence-corrected chi connectivity index (χ1v) is 9.29. The van der Waals surface area contributed by atoms with Crippen LogP contribution in [0.5, 0.6) is 0 Å². The van der Waals surface area contributed by atoms with Gasteiger partial charge in [-0.05, 0) is 61.9 Å². The van der Waals surface area contributed by atoms with E-state index in [-0.39, 0.29) is 11.5 Å². The summed E-state index contributed by atoms with van der Waals surface area (Å²) in [5.41, 5.74) is 4.52. The van der Waals surface area contributed by atoms with E-state index < -0.39 is 0 Å². The number of aromatic amines is 1. The minimum absolute atomic E-state index is 0.0125. The zero-order valence-electron chi connectivity index (χ0n) is 14.8. The van der Waals surface area contributed by atoms with Crippen LogP contribution in [0.4, 0.5) is 0 Å². The van der Waals surface area contributed by atoms with Crippen LogP contribution in [0.2, 0.25) is 0 Å². The molecule has 0 fully saturated rings. The lowest BCUT2D eigenvalue weighted by atomic mass is 9.95. The summed E-state index contributed by atoms with van der Waals surface area (Å²) in [6.07, 6.45) is 7.13. The van der Waals surface area contributed by atoms with E-state index in [2.05, 4.69) is 10.3 Å². The van der Waals surface area contributed by atoms with Gasteiger partial charge in [0.2, 0.25) is 5.56 Å². The second-order valence-corrected chi connectivity index (χ2v) is 6.89. The molecule has 2 heterocycles. The van der Waals surface area contributed by atoms with E-state index in [1.165, 1.54) is 29.5 Å². The van der Waals surface area contributed by atoms with E-state index in [0.717, 1.165) is 24.8 Å². The first kappa shape index (κ1) is 16.6. The van der Waals surface area contributed by atoms with Crippen molar-refractivity contribution in [2.45, 2.75) is 38.6 Å². The molecule has 2 aromatic heterocycles. The smallest absolute Gasteiger partial charge is 0.251 e. The molecule has 1 aromatic carbocycles. The first-order valence-electron chi connectivity index (χ1n) is 9.29. The molecule has 5 heteroatoms. The fourth-order valence-electron chi connectivity index (χ4n) is 3.75. The Hall–Kier alpha value is -2.82. The van der Waals surface area contributed by atoms with Gasteiger partial charge in [-0.3, -0.25) is 9.59 Å². The summed E-state index contributed by atoms with van der Waals surface area (Å²) in [4.78, 5) is 27.6. The number of carbonyl (C=O) groups excluding carboxylic acids is 1. The van der Waals surface area contributed by atoms with Gasteiger partial charge in [-0.15, -0.1) is 0 Å². The molecule has 3 aromatic rings. The average molecular weight is 349 g/mol. The van der Waals surface area contributed by atoms with E-state index in [1.54, 1.807) is 22.9 Å². The van der Waals surface area contributed by atoms with Crippen LogP contribution in [-0.4, -0.2) is 22.0 Å². The van der Waals surface area contributed by atoms with E-state index in [1.807, 2.05) is 24.3 Å². The van der Waals surface area contributed by atoms with Gasteiger partial charge in [-0.1, -0.05) is 6.07 Å². The minimum Gasteiger partial charge on any atom is -0.358 e. The zero-order valence-corrected chi connectivity index (χ0v) is 14.8. The molecule has 4 rings (SSSR count). The van der Waals surface area contributed by atoms with Crippen LogP contribution in [0.1, 0.15) is 40.9 Å². The summed E-state index contributed by atoms with van der Waals surface area (Å²) in [7, 11) is 0. The lowest BCUT2D eigenvalue weighted by molar-refractivity contribution is 0.0953. The molecule has 134 valence electrons. The largest absolute Gasteiger partial charge is 0.358 e. The Morgan fingerprint density at radius 1 is 1.15 bits per heavy atom. The highest BCUT2D eigenvalue weighted by Gasteiger charge is 2.16. The predicted octanol–water partition coefficient (Wildman–Crippen LogP) is 3.03. The molecule has 0 spiro atoms.